The van der Waals surface area contributed by atoms with Gasteiger partial charge in [-0.3, -0.25) is 19.1 Å². The molecule has 132 valence electrons. The molecule has 0 radical (unpaired) electrons. The zero-order chi connectivity index (χ0) is 18.4. The van der Waals surface area contributed by atoms with Crippen LogP contribution in [-0.2, 0) is 27.4 Å². The molecule has 1 aromatic heterocycles. The number of imide groups is 1. The smallest absolute Gasteiger partial charge is 0.339 e. The minimum atomic E-state index is -1.33. The van der Waals surface area contributed by atoms with Gasteiger partial charge in [0.25, 0.3) is 11.8 Å². The van der Waals surface area contributed by atoms with Crippen molar-refractivity contribution in [3.8, 4) is 0 Å². The lowest BCUT2D eigenvalue weighted by Gasteiger charge is -2.09. The highest BCUT2D eigenvalue weighted by Gasteiger charge is 2.18. The summed E-state index contributed by atoms with van der Waals surface area (Å²) in [5.41, 5.74) is 0.451. The molecule has 0 aliphatic carbocycles. The number of nitrogens with one attached hydrogen (secondary N) is 1. The first-order valence-electron chi connectivity index (χ1n) is 7.54. The third-order valence-electron chi connectivity index (χ3n) is 3.38. The summed E-state index contributed by atoms with van der Waals surface area (Å²) in [6.07, 6.45) is 1.67. The second kappa shape index (κ2) is 8.39. The fourth-order valence-corrected chi connectivity index (χ4v) is 3.06. The maximum Gasteiger partial charge on any atom is 0.339 e. The van der Waals surface area contributed by atoms with Crippen LogP contribution in [-0.4, -0.2) is 38.9 Å². The predicted octanol–water partition coefficient (Wildman–Crippen LogP) is 1.27. The van der Waals surface area contributed by atoms with Crippen molar-refractivity contribution in [3.63, 3.8) is 0 Å². The molecule has 2 rings (SSSR count). The Morgan fingerprint density at radius 1 is 1.16 bits per heavy atom. The summed E-state index contributed by atoms with van der Waals surface area (Å²) in [6, 6.07) is 9.58. The number of ether oxygens (including phenoxy) is 1. The van der Waals surface area contributed by atoms with Crippen LogP contribution in [0.1, 0.15) is 27.8 Å². The van der Waals surface area contributed by atoms with Gasteiger partial charge in [0.05, 0.1) is 21.3 Å². The standard InChI is InChI=1S/C17H18N2O5S/c1-3-25(23)14-9-5-4-7-12(14)17(22)24-11-15(20)18-16(21)13-8-6-10-19(13)2/h4-10H,3,11H2,1-2H3,(H,18,20,21). The monoisotopic (exact) mass is 362 g/mol. The van der Waals surface area contributed by atoms with E-state index in [1.807, 2.05) is 0 Å². The fourth-order valence-electron chi connectivity index (χ4n) is 2.12. The highest BCUT2D eigenvalue weighted by atomic mass is 32.2. The van der Waals surface area contributed by atoms with Crippen LogP contribution in [0.2, 0.25) is 0 Å². The van der Waals surface area contributed by atoms with E-state index in [0.717, 1.165) is 0 Å². The second-order valence-corrected chi connectivity index (χ2v) is 6.80. The number of nitrogens with zero attached hydrogens (tertiary/aromatic N) is 1. The Hall–Kier alpha value is -2.74. The number of carbonyl (C=O) groups excluding carboxylic acids is 3. The van der Waals surface area contributed by atoms with Gasteiger partial charge in [-0.25, -0.2) is 4.79 Å². The molecule has 1 heterocycles. The number of hydrogen-bond acceptors (Lipinski definition) is 5. The Morgan fingerprint density at radius 3 is 2.52 bits per heavy atom. The van der Waals surface area contributed by atoms with Crippen molar-refractivity contribution in [2.24, 2.45) is 7.05 Å². The van der Waals surface area contributed by atoms with Crippen LogP contribution in [0.25, 0.3) is 0 Å². The molecule has 0 saturated carbocycles. The van der Waals surface area contributed by atoms with Crippen molar-refractivity contribution in [1.82, 2.24) is 9.88 Å². The molecule has 2 aromatic rings. The molecule has 1 unspecified atom stereocenters. The lowest BCUT2D eigenvalue weighted by Crippen LogP contribution is -2.35. The van der Waals surface area contributed by atoms with Crippen LogP contribution in [0, 0.1) is 0 Å². The van der Waals surface area contributed by atoms with E-state index in [4.69, 9.17) is 4.74 Å². The fraction of sp³-hybridized carbons (Fsp3) is 0.235. The molecular formula is C17H18N2O5S. The van der Waals surface area contributed by atoms with Gasteiger partial charge in [0.1, 0.15) is 5.69 Å². The van der Waals surface area contributed by atoms with Crippen LogP contribution in [0.5, 0.6) is 0 Å². The van der Waals surface area contributed by atoms with Crippen molar-refractivity contribution in [2.45, 2.75) is 11.8 Å². The zero-order valence-corrected chi connectivity index (χ0v) is 14.7. The summed E-state index contributed by atoms with van der Waals surface area (Å²) < 4.78 is 18.5. The van der Waals surface area contributed by atoms with Gasteiger partial charge < -0.3 is 9.30 Å². The first-order chi connectivity index (χ1) is 11.9. The summed E-state index contributed by atoms with van der Waals surface area (Å²) in [5.74, 6) is -1.73. The van der Waals surface area contributed by atoms with Gasteiger partial charge in [0.2, 0.25) is 0 Å². The van der Waals surface area contributed by atoms with E-state index < -0.39 is 35.2 Å². The SMILES string of the molecule is CCS(=O)c1ccccc1C(=O)OCC(=O)NC(=O)c1cccn1C. The molecule has 8 heteroatoms. The lowest BCUT2D eigenvalue weighted by molar-refractivity contribution is -0.123. The minimum Gasteiger partial charge on any atom is -0.452 e. The Balaban J connectivity index is 1.96. The second-order valence-electron chi connectivity index (χ2n) is 5.09. The third-order valence-corrected chi connectivity index (χ3v) is 4.75. The van der Waals surface area contributed by atoms with Gasteiger partial charge in [-0.05, 0) is 24.3 Å². The zero-order valence-electron chi connectivity index (χ0n) is 13.9. The molecule has 0 bridgehead atoms. The molecular weight excluding hydrogens is 344 g/mol. The molecule has 7 nitrogen and oxygen atoms in total. The quantitative estimate of drug-likeness (QED) is 0.781. The molecule has 0 aliphatic heterocycles. The normalized spacial score (nSPS) is 11.6. The van der Waals surface area contributed by atoms with E-state index in [0.29, 0.717) is 16.3 Å². The molecule has 0 spiro atoms. The number of aryl methyl sites for hydroxylation is 1. The van der Waals surface area contributed by atoms with Crippen molar-refractivity contribution < 1.29 is 23.3 Å². The maximum absolute atomic E-state index is 12.1. The van der Waals surface area contributed by atoms with Gasteiger partial charge in [-0.2, -0.15) is 0 Å². The summed E-state index contributed by atoms with van der Waals surface area (Å²) in [6.45, 7) is 1.13. The van der Waals surface area contributed by atoms with E-state index in [9.17, 15) is 18.6 Å². The lowest BCUT2D eigenvalue weighted by atomic mass is 10.2. The summed E-state index contributed by atoms with van der Waals surface area (Å²) in [7, 11) is 0.344. The van der Waals surface area contributed by atoms with Gasteiger partial charge in [-0.1, -0.05) is 19.1 Å². The molecule has 0 aliphatic rings. The number of amides is 2. The van der Waals surface area contributed by atoms with E-state index >= 15 is 0 Å². The van der Waals surface area contributed by atoms with Crippen LogP contribution in [0.3, 0.4) is 0 Å². The van der Waals surface area contributed by atoms with E-state index in [2.05, 4.69) is 5.32 Å². The Bertz CT molecular complexity index is 828. The van der Waals surface area contributed by atoms with Crippen LogP contribution in [0.15, 0.2) is 47.5 Å². The first kappa shape index (κ1) is 18.6. The van der Waals surface area contributed by atoms with Crippen LogP contribution >= 0.6 is 0 Å². The van der Waals surface area contributed by atoms with E-state index in [1.165, 1.54) is 6.07 Å². The van der Waals surface area contributed by atoms with Crippen molar-refractivity contribution in [2.75, 3.05) is 12.4 Å². The number of aromatic nitrogens is 1. The van der Waals surface area contributed by atoms with Crippen LogP contribution in [0.4, 0.5) is 0 Å². The van der Waals surface area contributed by atoms with Crippen LogP contribution < -0.4 is 5.32 Å². The maximum atomic E-state index is 12.1. The Labute approximate surface area is 147 Å². The number of esters is 1. The predicted molar refractivity (Wildman–Crippen MR) is 91.6 cm³/mol. The van der Waals surface area contributed by atoms with Gasteiger partial charge in [0.15, 0.2) is 6.61 Å². The van der Waals surface area contributed by atoms with E-state index in [-0.39, 0.29) is 5.56 Å². The van der Waals surface area contributed by atoms with Crippen molar-refractivity contribution in [1.29, 1.82) is 0 Å². The highest BCUT2D eigenvalue weighted by Crippen LogP contribution is 2.15. The van der Waals surface area contributed by atoms with Gasteiger partial charge in [-0.15, -0.1) is 0 Å². The average Bonchev–Trinajstić information content (AvgIpc) is 3.05. The molecule has 1 aromatic carbocycles. The Kier molecular flexibility index (Phi) is 6.24. The molecule has 1 atom stereocenters. The number of carbonyl (C=O) groups is 3. The number of rotatable bonds is 6. The van der Waals surface area contributed by atoms with Crippen molar-refractivity contribution >= 4 is 28.6 Å². The minimum absolute atomic E-state index is 0.143. The van der Waals surface area contributed by atoms with Gasteiger partial charge >= 0.3 is 5.97 Å². The Morgan fingerprint density at radius 2 is 1.88 bits per heavy atom. The van der Waals surface area contributed by atoms with E-state index in [1.54, 1.807) is 55.1 Å². The first-order valence-corrected chi connectivity index (χ1v) is 8.86. The summed E-state index contributed by atoms with van der Waals surface area (Å²) in [4.78, 5) is 36.2. The highest BCUT2D eigenvalue weighted by molar-refractivity contribution is 7.85. The molecule has 2 amide bonds. The third kappa shape index (κ3) is 4.63. The molecule has 0 fully saturated rings. The molecule has 1 N–H and O–H groups in total. The number of hydrogen-bond donors (Lipinski definition) is 1. The summed E-state index contributed by atoms with van der Waals surface area (Å²) >= 11 is 0. The largest absolute Gasteiger partial charge is 0.452 e. The average molecular weight is 362 g/mol. The topological polar surface area (TPSA) is 94.5 Å². The molecule has 0 saturated heterocycles. The molecule has 25 heavy (non-hydrogen) atoms. The van der Waals surface area contributed by atoms with Gasteiger partial charge in [0, 0.05) is 19.0 Å². The van der Waals surface area contributed by atoms with Crippen molar-refractivity contribution in [3.05, 3.63) is 53.9 Å². The number of benzene rings is 1. The summed E-state index contributed by atoms with van der Waals surface area (Å²) in [5, 5.41) is 2.14.